The third kappa shape index (κ3) is 5.81. The molecule has 0 saturated heterocycles. The monoisotopic (exact) mass is 473 g/mol. The first kappa shape index (κ1) is 18.4. The van der Waals surface area contributed by atoms with Crippen molar-refractivity contribution in [2.24, 2.45) is 0 Å². The summed E-state index contributed by atoms with van der Waals surface area (Å²) in [6, 6.07) is 18.1. The Kier molecular flexibility index (Phi) is 6.47. The van der Waals surface area contributed by atoms with Gasteiger partial charge in [0.15, 0.2) is 0 Å². The van der Waals surface area contributed by atoms with E-state index in [1.807, 2.05) is 54.6 Å². The molecule has 0 N–H and O–H groups in total. The first-order chi connectivity index (χ1) is 12.1. The van der Waals surface area contributed by atoms with Gasteiger partial charge in [-0.3, -0.25) is 0 Å². The fourth-order valence-corrected chi connectivity index (χ4v) is 4.41. The second-order valence-corrected chi connectivity index (χ2v) is 8.58. The zero-order chi connectivity index (χ0) is 17.6. The number of nitrogens with zero attached hydrogens (tertiary/aromatic N) is 3. The molecule has 0 fully saturated rings. The molecule has 0 radical (unpaired) electrons. The fraction of sp³-hybridized carbons (Fsp3) is 0. The topological polar surface area (TPSA) is 89.9 Å². The second-order valence-electron chi connectivity index (χ2n) is 4.45. The Balaban J connectivity index is 0.000000415. The predicted octanol–water partition coefficient (Wildman–Crippen LogP) is 4.28. The van der Waals surface area contributed by atoms with Crippen molar-refractivity contribution >= 4 is 35.3 Å². The van der Waals surface area contributed by atoms with Gasteiger partial charge in [0.05, 0.1) is 0 Å². The van der Waals surface area contributed by atoms with Crippen LogP contribution in [0.15, 0.2) is 84.8 Å². The van der Waals surface area contributed by atoms with Gasteiger partial charge in [-0.25, -0.2) is 15.0 Å². The Morgan fingerprint density at radius 1 is 0.520 bits per heavy atom. The van der Waals surface area contributed by atoms with Crippen LogP contribution in [0.1, 0.15) is 0 Å². The van der Waals surface area contributed by atoms with Crippen LogP contribution in [0.4, 0.5) is 0 Å². The largest absolute Gasteiger partial charge is 0.234 e. The normalized spacial score (nSPS) is 12.0. The molecule has 0 atom stereocenters. The van der Waals surface area contributed by atoms with Gasteiger partial charge in [0.2, 0.25) is 0 Å². The van der Waals surface area contributed by atoms with Gasteiger partial charge in [0.1, 0.15) is 30.2 Å². The van der Waals surface area contributed by atoms with Crippen molar-refractivity contribution in [2.45, 2.75) is 30.2 Å². The van der Waals surface area contributed by atoms with E-state index < -0.39 is 17.2 Å². The third-order valence-corrected chi connectivity index (χ3v) is 5.34. The molecule has 0 aliphatic carbocycles. The quantitative estimate of drug-likeness (QED) is 0.349. The van der Waals surface area contributed by atoms with Crippen molar-refractivity contribution in [1.82, 2.24) is 15.0 Å². The molecule has 0 spiro atoms. The van der Waals surface area contributed by atoms with Crippen molar-refractivity contribution in [3.05, 3.63) is 54.6 Å². The molecule has 126 valence electrons. The molecule has 0 unspecified atom stereocenters. The average Bonchev–Trinajstić information content (AvgIpc) is 2.54. The molecule has 0 amide bonds. The van der Waals surface area contributed by atoms with Crippen molar-refractivity contribution in [1.29, 1.82) is 0 Å². The number of pyridine rings is 3. The number of hydrogen-bond donors (Lipinski definition) is 0. The minimum Gasteiger partial charge on any atom is -0.234 e. The maximum atomic E-state index is 8.59. The van der Waals surface area contributed by atoms with Crippen molar-refractivity contribution < 1.29 is 27.4 Å². The summed E-state index contributed by atoms with van der Waals surface area (Å²) in [6.45, 7) is 0. The zero-order valence-corrected chi connectivity index (χ0v) is 16.9. The summed E-state index contributed by atoms with van der Waals surface area (Å²) in [5.41, 5.74) is 0. The Morgan fingerprint density at radius 3 is 0.920 bits per heavy atom. The van der Waals surface area contributed by atoms with E-state index in [1.165, 1.54) is 0 Å². The van der Waals surface area contributed by atoms with E-state index in [1.54, 1.807) is 35.3 Å². The minimum atomic E-state index is -4.11. The van der Waals surface area contributed by atoms with Gasteiger partial charge in [0, 0.05) is 0 Å². The van der Waals surface area contributed by atoms with Crippen molar-refractivity contribution in [3.8, 4) is 0 Å². The van der Waals surface area contributed by atoms with Crippen LogP contribution < -0.4 is 0 Å². The van der Waals surface area contributed by atoms with Crippen LogP contribution in [0, 0.1) is 0 Å². The molecule has 1 aliphatic rings. The zero-order valence-electron chi connectivity index (χ0n) is 12.4. The molecule has 4 rings (SSSR count). The summed E-state index contributed by atoms with van der Waals surface area (Å²) in [5.74, 6) is 0. The maximum absolute atomic E-state index is 8.59. The fourth-order valence-electron chi connectivity index (χ4n) is 1.85. The van der Waals surface area contributed by atoms with Crippen LogP contribution >= 0.6 is 35.3 Å². The molecule has 6 bridgehead atoms. The maximum Gasteiger partial charge on any atom is 0.104 e. The Morgan fingerprint density at radius 2 is 0.720 bits per heavy atom. The summed E-state index contributed by atoms with van der Waals surface area (Å²) in [6.07, 6.45) is 0. The minimum absolute atomic E-state index is 0.950. The van der Waals surface area contributed by atoms with Crippen LogP contribution in [0.25, 0.3) is 0 Å². The number of rotatable bonds is 0. The predicted molar refractivity (Wildman–Crippen MR) is 87.1 cm³/mol. The number of hydrogen-bond acceptors (Lipinski definition) is 9. The summed E-state index contributed by atoms with van der Waals surface area (Å²) in [5, 5.41) is 5.70. The van der Waals surface area contributed by atoms with Gasteiger partial charge >= 0.3 is 27.4 Å². The molecule has 0 saturated carbocycles. The van der Waals surface area contributed by atoms with E-state index in [9.17, 15) is 0 Å². The molecular formula is C15H9MoN3O3S3. The van der Waals surface area contributed by atoms with E-state index in [0.29, 0.717) is 0 Å². The molecule has 6 nitrogen and oxygen atoms in total. The Hall–Kier alpha value is -1.41. The van der Waals surface area contributed by atoms with Crippen LogP contribution in [0.5, 0.6) is 0 Å². The Bertz CT molecular complexity index is 849. The second kappa shape index (κ2) is 8.80. The van der Waals surface area contributed by atoms with E-state index >= 15 is 0 Å². The van der Waals surface area contributed by atoms with Gasteiger partial charge in [-0.1, -0.05) is 53.5 Å². The summed E-state index contributed by atoms with van der Waals surface area (Å²) < 4.78 is 25.8. The molecule has 10 heteroatoms. The van der Waals surface area contributed by atoms with Crippen LogP contribution in [-0.2, 0) is 27.4 Å². The van der Waals surface area contributed by atoms with E-state index in [4.69, 9.17) is 10.2 Å². The first-order valence-electron chi connectivity index (χ1n) is 6.80. The van der Waals surface area contributed by atoms with Gasteiger partial charge in [0.25, 0.3) is 0 Å². The molecule has 3 aromatic rings. The number of fused-ring (bicyclic) bond motifs is 6. The molecule has 0 aromatic carbocycles. The van der Waals surface area contributed by atoms with E-state index in [2.05, 4.69) is 15.0 Å². The number of aromatic nitrogens is 3. The van der Waals surface area contributed by atoms with E-state index in [0.717, 1.165) is 30.2 Å². The smallest absolute Gasteiger partial charge is 0.104 e. The Labute approximate surface area is 161 Å². The molecule has 25 heavy (non-hydrogen) atoms. The average molecular weight is 471 g/mol. The molecule has 4 heterocycles. The molecule has 3 aromatic heterocycles. The van der Waals surface area contributed by atoms with Gasteiger partial charge < -0.3 is 0 Å². The third-order valence-electron chi connectivity index (χ3n) is 2.72. The van der Waals surface area contributed by atoms with Crippen molar-refractivity contribution in [3.63, 3.8) is 0 Å². The summed E-state index contributed by atoms with van der Waals surface area (Å²) >= 11 is 0.643. The molecular weight excluding hydrogens is 462 g/mol. The van der Waals surface area contributed by atoms with Crippen LogP contribution in [0.2, 0.25) is 0 Å². The molecule has 1 aliphatic heterocycles. The van der Waals surface area contributed by atoms with Gasteiger partial charge in [-0.15, -0.1) is 0 Å². The van der Waals surface area contributed by atoms with Crippen molar-refractivity contribution in [2.75, 3.05) is 0 Å². The summed E-state index contributed by atoms with van der Waals surface area (Å²) in [4.78, 5) is 14.0. The van der Waals surface area contributed by atoms with Gasteiger partial charge in [-0.2, -0.15) is 0 Å². The standard InChI is InChI=1S/C15H9N3S3.Mo.3O/c1-4-10-16-11(5-1)20-13-7-3-9-15(18-13)21-14-8-2-6-12(17-14)19-10;;;;/h1-9H;;;;. The SMILES string of the molecule is [O]=[Mo](=[O])=[O].c1cc2nc(c1)Sc1cccc(n1)Sc1cccc(n1)S2. The van der Waals surface area contributed by atoms with Gasteiger partial charge in [-0.05, 0) is 36.4 Å². The van der Waals surface area contributed by atoms with Crippen LogP contribution in [0.3, 0.4) is 0 Å². The van der Waals surface area contributed by atoms with E-state index in [-0.39, 0.29) is 0 Å². The first-order valence-corrected chi connectivity index (χ1v) is 11.7. The van der Waals surface area contributed by atoms with Crippen LogP contribution in [-0.4, -0.2) is 15.0 Å². The summed E-state index contributed by atoms with van der Waals surface area (Å²) in [7, 11) is 0.